The summed E-state index contributed by atoms with van der Waals surface area (Å²) in [5.74, 6) is 13.8. The van der Waals surface area contributed by atoms with Gasteiger partial charge in [0.1, 0.15) is 5.75 Å². The highest BCUT2D eigenvalue weighted by Crippen LogP contribution is 2.35. The molecule has 2 aromatic carbocycles. The summed E-state index contributed by atoms with van der Waals surface area (Å²) in [6.07, 6.45) is 4.26. The maximum atomic E-state index is 5.69. The summed E-state index contributed by atoms with van der Waals surface area (Å²) in [6, 6.07) is 15.9. The lowest BCUT2D eigenvalue weighted by atomic mass is 9.79. The summed E-state index contributed by atoms with van der Waals surface area (Å²) < 4.78 is 22.1. The average Bonchev–Trinajstić information content (AvgIpc) is 2.82. The van der Waals surface area contributed by atoms with Crippen LogP contribution in [0.25, 0.3) is 0 Å². The maximum Gasteiger partial charge on any atom is 0.189 e. The van der Waals surface area contributed by atoms with Crippen LogP contribution in [0.3, 0.4) is 0 Å². The first-order chi connectivity index (χ1) is 16.6. The number of hydrogen-bond donors (Lipinski definition) is 0. The Kier molecular flexibility index (Phi) is 8.30. The number of rotatable bonds is 9. The first kappa shape index (κ1) is 24.4. The lowest BCUT2D eigenvalue weighted by Crippen LogP contribution is -2.45. The van der Waals surface area contributed by atoms with Gasteiger partial charge in [0.25, 0.3) is 0 Å². The van der Waals surface area contributed by atoms with Crippen LogP contribution in [0.15, 0.2) is 48.5 Å². The lowest BCUT2D eigenvalue weighted by Gasteiger charge is -2.40. The highest BCUT2D eigenvalue weighted by Gasteiger charge is 2.37. The first-order valence-corrected chi connectivity index (χ1v) is 12.2. The summed E-state index contributed by atoms with van der Waals surface area (Å²) in [7, 11) is 0. The zero-order valence-corrected chi connectivity index (χ0v) is 20.3. The standard InChI is InChI=1S/C30H34O4/c1-3-29(19-31-20-29)18-6-5-7-25-8-10-26(11-9-25)12-13-27-14-16-28(17-15-27)34-24-33-23-30(4-2)21-32-22-30/h8-11,14-17H,3-4,6,18-24H2,1-2H3. The van der Waals surface area contributed by atoms with Gasteiger partial charge < -0.3 is 18.9 Å². The van der Waals surface area contributed by atoms with Crippen LogP contribution in [0.4, 0.5) is 0 Å². The molecule has 0 radical (unpaired) electrons. The van der Waals surface area contributed by atoms with Gasteiger partial charge in [-0.1, -0.05) is 37.5 Å². The fraction of sp³-hybridized carbons (Fsp3) is 0.467. The number of ether oxygens (including phenoxy) is 4. The van der Waals surface area contributed by atoms with Crippen molar-refractivity contribution < 1.29 is 18.9 Å². The van der Waals surface area contributed by atoms with E-state index < -0.39 is 0 Å². The molecule has 2 aliphatic heterocycles. The summed E-state index contributed by atoms with van der Waals surface area (Å²) in [6.45, 7) is 8.66. The van der Waals surface area contributed by atoms with Crippen molar-refractivity contribution in [1.29, 1.82) is 0 Å². The normalized spacial score (nSPS) is 17.2. The molecule has 2 saturated heterocycles. The van der Waals surface area contributed by atoms with Gasteiger partial charge in [-0.3, -0.25) is 0 Å². The Morgan fingerprint density at radius 3 is 1.76 bits per heavy atom. The van der Waals surface area contributed by atoms with Crippen LogP contribution >= 0.6 is 0 Å². The molecular formula is C30H34O4. The van der Waals surface area contributed by atoms with Crippen molar-refractivity contribution in [2.45, 2.75) is 39.5 Å². The average molecular weight is 459 g/mol. The quantitative estimate of drug-likeness (QED) is 0.285. The van der Waals surface area contributed by atoms with Gasteiger partial charge in [0.05, 0.1) is 33.0 Å². The van der Waals surface area contributed by atoms with E-state index in [1.165, 1.54) is 6.42 Å². The minimum atomic E-state index is 0.178. The maximum absolute atomic E-state index is 5.69. The Morgan fingerprint density at radius 1 is 0.735 bits per heavy atom. The van der Waals surface area contributed by atoms with Gasteiger partial charge >= 0.3 is 0 Å². The van der Waals surface area contributed by atoms with Crippen LogP contribution in [0.1, 0.15) is 56.2 Å². The smallest absolute Gasteiger partial charge is 0.189 e. The molecule has 0 spiro atoms. The van der Waals surface area contributed by atoms with Crippen molar-refractivity contribution >= 4 is 0 Å². The van der Waals surface area contributed by atoms with E-state index in [4.69, 9.17) is 18.9 Å². The summed E-state index contributed by atoms with van der Waals surface area (Å²) >= 11 is 0. The third kappa shape index (κ3) is 6.43. The fourth-order valence-electron chi connectivity index (χ4n) is 3.97. The largest absolute Gasteiger partial charge is 0.468 e. The second kappa shape index (κ2) is 11.6. The highest BCUT2D eigenvalue weighted by atomic mass is 16.7. The molecule has 0 N–H and O–H groups in total. The van der Waals surface area contributed by atoms with E-state index >= 15 is 0 Å². The molecule has 4 rings (SSSR count). The van der Waals surface area contributed by atoms with Crippen LogP contribution < -0.4 is 4.74 Å². The monoisotopic (exact) mass is 458 g/mol. The molecule has 2 aliphatic rings. The molecule has 0 atom stereocenters. The van der Waals surface area contributed by atoms with Crippen molar-refractivity contribution in [2.75, 3.05) is 39.8 Å². The molecule has 2 heterocycles. The van der Waals surface area contributed by atoms with E-state index in [0.717, 1.165) is 68.1 Å². The van der Waals surface area contributed by atoms with Crippen LogP contribution in [0, 0.1) is 34.5 Å². The first-order valence-electron chi connectivity index (χ1n) is 12.2. The van der Waals surface area contributed by atoms with E-state index in [-0.39, 0.29) is 12.2 Å². The predicted octanol–water partition coefficient (Wildman–Crippen LogP) is 5.42. The highest BCUT2D eigenvalue weighted by molar-refractivity contribution is 5.46. The zero-order chi connectivity index (χ0) is 23.7. The Hall–Kier alpha value is -2.76. The Bertz CT molecular complexity index is 1030. The van der Waals surface area contributed by atoms with Crippen LogP contribution in [0.5, 0.6) is 5.75 Å². The molecule has 4 heteroatoms. The minimum absolute atomic E-state index is 0.178. The van der Waals surface area contributed by atoms with E-state index in [9.17, 15) is 0 Å². The summed E-state index contributed by atoms with van der Waals surface area (Å²) in [5.41, 5.74) is 3.49. The number of hydrogen-bond acceptors (Lipinski definition) is 4. The second-order valence-corrected chi connectivity index (χ2v) is 9.46. The molecule has 0 amide bonds. The van der Waals surface area contributed by atoms with E-state index in [0.29, 0.717) is 12.0 Å². The molecule has 2 aromatic rings. The van der Waals surface area contributed by atoms with Crippen molar-refractivity contribution in [3.8, 4) is 29.4 Å². The summed E-state index contributed by atoms with van der Waals surface area (Å²) in [4.78, 5) is 0. The van der Waals surface area contributed by atoms with Gasteiger partial charge in [-0.25, -0.2) is 0 Å². The molecular weight excluding hydrogens is 424 g/mol. The van der Waals surface area contributed by atoms with Gasteiger partial charge in [-0.2, -0.15) is 0 Å². The van der Waals surface area contributed by atoms with E-state index in [2.05, 4.69) is 37.5 Å². The van der Waals surface area contributed by atoms with Crippen molar-refractivity contribution in [1.82, 2.24) is 0 Å². The van der Waals surface area contributed by atoms with Gasteiger partial charge in [-0.15, -0.1) is 0 Å². The lowest BCUT2D eigenvalue weighted by molar-refractivity contribution is -0.162. The van der Waals surface area contributed by atoms with Gasteiger partial charge in [0.15, 0.2) is 6.79 Å². The molecule has 4 nitrogen and oxygen atoms in total. The van der Waals surface area contributed by atoms with Crippen LogP contribution in [0.2, 0.25) is 0 Å². The molecule has 178 valence electrons. The van der Waals surface area contributed by atoms with Gasteiger partial charge in [0.2, 0.25) is 0 Å². The molecule has 0 aliphatic carbocycles. The van der Waals surface area contributed by atoms with Crippen LogP contribution in [-0.4, -0.2) is 39.8 Å². The minimum Gasteiger partial charge on any atom is -0.468 e. The fourth-order valence-corrected chi connectivity index (χ4v) is 3.97. The molecule has 2 fully saturated rings. The molecule has 0 saturated carbocycles. The SMILES string of the molecule is CCC1(CCC#Cc2ccc(C#Cc3ccc(OCOCC4(CC)COC4)cc3)cc2)COC1. The molecule has 0 unspecified atom stereocenters. The molecule has 0 aromatic heterocycles. The summed E-state index contributed by atoms with van der Waals surface area (Å²) in [5, 5.41) is 0. The predicted molar refractivity (Wildman–Crippen MR) is 134 cm³/mol. The second-order valence-electron chi connectivity index (χ2n) is 9.46. The third-order valence-corrected chi connectivity index (χ3v) is 6.95. The Labute approximate surface area is 203 Å². The zero-order valence-electron chi connectivity index (χ0n) is 20.3. The van der Waals surface area contributed by atoms with Crippen molar-refractivity contribution in [2.24, 2.45) is 10.8 Å². The topological polar surface area (TPSA) is 36.9 Å². The van der Waals surface area contributed by atoms with Crippen molar-refractivity contribution in [3.05, 3.63) is 65.2 Å². The van der Waals surface area contributed by atoms with Gasteiger partial charge in [-0.05, 0) is 67.8 Å². The molecule has 34 heavy (non-hydrogen) atoms. The molecule has 0 bridgehead atoms. The van der Waals surface area contributed by atoms with Crippen molar-refractivity contribution in [3.63, 3.8) is 0 Å². The van der Waals surface area contributed by atoms with E-state index in [1.54, 1.807) is 0 Å². The third-order valence-electron chi connectivity index (χ3n) is 6.95. The Balaban J connectivity index is 1.21. The van der Waals surface area contributed by atoms with E-state index in [1.807, 2.05) is 48.5 Å². The van der Waals surface area contributed by atoms with Gasteiger partial charge in [0, 0.05) is 33.9 Å². The number of benzene rings is 2. The Morgan fingerprint density at radius 2 is 1.26 bits per heavy atom. The van der Waals surface area contributed by atoms with Crippen LogP contribution in [-0.2, 0) is 14.2 Å².